The minimum Gasteiger partial charge on any atom is -0.508 e. The van der Waals surface area contributed by atoms with E-state index in [2.05, 4.69) is 0 Å². The van der Waals surface area contributed by atoms with Gasteiger partial charge in [-0.25, -0.2) is 0 Å². The molecule has 36 heavy (non-hydrogen) atoms. The lowest BCUT2D eigenvalue weighted by Crippen LogP contribution is -2.40. The van der Waals surface area contributed by atoms with Crippen LogP contribution in [0.3, 0.4) is 0 Å². The van der Waals surface area contributed by atoms with Crippen LogP contribution in [0.15, 0.2) is 48.5 Å². The maximum absolute atomic E-state index is 12.5. The van der Waals surface area contributed by atoms with E-state index in [1.165, 1.54) is 0 Å². The quantitative estimate of drug-likeness (QED) is 0.356. The summed E-state index contributed by atoms with van der Waals surface area (Å²) in [5.74, 6) is 0.0751. The molecule has 198 valence electrons. The van der Waals surface area contributed by atoms with E-state index in [-0.39, 0.29) is 48.4 Å². The molecule has 0 saturated heterocycles. The molecule has 2 N–H and O–H groups in total. The SMILES string of the molecule is CC(C)COC(=O)CN(CCN(CC(=O)OCC(C)C)Cc1ccccc1O)Cc1ccccc1O. The lowest BCUT2D eigenvalue weighted by atomic mass is 10.1. The van der Waals surface area contributed by atoms with Crippen molar-refractivity contribution in [1.82, 2.24) is 9.80 Å². The Labute approximate surface area is 214 Å². The molecule has 0 aliphatic carbocycles. The molecule has 0 spiro atoms. The van der Waals surface area contributed by atoms with Gasteiger partial charge in [0.25, 0.3) is 0 Å². The summed E-state index contributed by atoms with van der Waals surface area (Å²) in [4.78, 5) is 28.8. The summed E-state index contributed by atoms with van der Waals surface area (Å²) < 4.78 is 10.8. The Kier molecular flexibility index (Phi) is 12.2. The molecule has 0 unspecified atom stereocenters. The first-order valence-electron chi connectivity index (χ1n) is 12.4. The summed E-state index contributed by atoms with van der Waals surface area (Å²) in [5, 5.41) is 20.5. The number of carbonyl (C=O) groups excluding carboxylic acids is 2. The number of hydrogen-bond acceptors (Lipinski definition) is 8. The maximum Gasteiger partial charge on any atom is 0.320 e. The van der Waals surface area contributed by atoms with E-state index in [0.29, 0.717) is 50.5 Å². The summed E-state index contributed by atoms with van der Waals surface area (Å²) in [7, 11) is 0. The molecule has 0 amide bonds. The average Bonchev–Trinajstić information content (AvgIpc) is 2.82. The highest BCUT2D eigenvalue weighted by Gasteiger charge is 2.19. The number of esters is 2. The summed E-state index contributed by atoms with van der Waals surface area (Å²) in [6.07, 6.45) is 0. The second-order valence-electron chi connectivity index (χ2n) is 9.83. The topological polar surface area (TPSA) is 99.5 Å². The molecule has 0 radical (unpaired) electrons. The Morgan fingerprint density at radius 1 is 0.694 bits per heavy atom. The number of para-hydroxylation sites is 2. The Hall–Kier alpha value is -3.10. The second-order valence-corrected chi connectivity index (χ2v) is 9.83. The van der Waals surface area contributed by atoms with Gasteiger partial charge in [0.1, 0.15) is 11.5 Å². The van der Waals surface area contributed by atoms with Gasteiger partial charge in [0, 0.05) is 37.3 Å². The van der Waals surface area contributed by atoms with Gasteiger partial charge in [-0.1, -0.05) is 64.1 Å². The van der Waals surface area contributed by atoms with Crippen LogP contribution in [0.1, 0.15) is 38.8 Å². The summed E-state index contributed by atoms with van der Waals surface area (Å²) in [5.41, 5.74) is 1.38. The molecule has 0 atom stereocenters. The third-order valence-corrected chi connectivity index (χ3v) is 5.36. The van der Waals surface area contributed by atoms with Gasteiger partial charge in [-0.3, -0.25) is 19.4 Å². The molecule has 0 aliphatic heterocycles. The largest absolute Gasteiger partial charge is 0.508 e. The van der Waals surface area contributed by atoms with Crippen LogP contribution in [-0.2, 0) is 32.2 Å². The minimum atomic E-state index is -0.345. The lowest BCUT2D eigenvalue weighted by Gasteiger charge is -2.27. The minimum absolute atomic E-state index is 0.0449. The smallest absolute Gasteiger partial charge is 0.320 e. The number of benzene rings is 2. The maximum atomic E-state index is 12.5. The zero-order chi connectivity index (χ0) is 26.5. The van der Waals surface area contributed by atoms with Crippen LogP contribution in [0.5, 0.6) is 11.5 Å². The molecule has 0 heterocycles. The van der Waals surface area contributed by atoms with E-state index < -0.39 is 0 Å². The van der Waals surface area contributed by atoms with Crippen molar-refractivity contribution >= 4 is 11.9 Å². The first kappa shape index (κ1) is 29.1. The van der Waals surface area contributed by atoms with E-state index in [9.17, 15) is 19.8 Å². The predicted molar refractivity (Wildman–Crippen MR) is 138 cm³/mol. The van der Waals surface area contributed by atoms with E-state index >= 15 is 0 Å². The van der Waals surface area contributed by atoms with Crippen LogP contribution in [0, 0.1) is 11.8 Å². The lowest BCUT2D eigenvalue weighted by molar-refractivity contribution is -0.148. The number of rotatable bonds is 15. The number of phenols is 2. The van der Waals surface area contributed by atoms with Crippen LogP contribution in [-0.4, -0.2) is 71.3 Å². The van der Waals surface area contributed by atoms with E-state index in [1.54, 1.807) is 24.3 Å². The Balaban J connectivity index is 2.14. The molecule has 2 aromatic rings. The van der Waals surface area contributed by atoms with Gasteiger partial charge in [-0.15, -0.1) is 0 Å². The third kappa shape index (κ3) is 11.1. The highest BCUT2D eigenvalue weighted by Crippen LogP contribution is 2.20. The van der Waals surface area contributed by atoms with Crippen LogP contribution in [0.25, 0.3) is 0 Å². The molecule has 0 fully saturated rings. The van der Waals surface area contributed by atoms with Gasteiger partial charge in [0.2, 0.25) is 0 Å². The molecule has 0 aromatic heterocycles. The van der Waals surface area contributed by atoms with Crippen molar-refractivity contribution in [3.63, 3.8) is 0 Å². The Morgan fingerprint density at radius 2 is 1.06 bits per heavy atom. The molecule has 2 aromatic carbocycles. The highest BCUT2D eigenvalue weighted by atomic mass is 16.5. The van der Waals surface area contributed by atoms with Crippen LogP contribution >= 0.6 is 0 Å². The van der Waals surface area contributed by atoms with Crippen molar-refractivity contribution in [2.75, 3.05) is 39.4 Å². The third-order valence-electron chi connectivity index (χ3n) is 5.36. The Bertz CT molecular complexity index is 885. The van der Waals surface area contributed by atoms with Crippen molar-refractivity contribution < 1.29 is 29.3 Å². The second kappa shape index (κ2) is 15.1. The van der Waals surface area contributed by atoms with Gasteiger partial charge in [-0.2, -0.15) is 0 Å². The van der Waals surface area contributed by atoms with Gasteiger partial charge in [-0.05, 0) is 24.0 Å². The van der Waals surface area contributed by atoms with Crippen molar-refractivity contribution in [2.45, 2.75) is 40.8 Å². The number of ether oxygens (including phenoxy) is 2. The van der Waals surface area contributed by atoms with E-state index in [1.807, 2.05) is 61.8 Å². The van der Waals surface area contributed by atoms with Crippen molar-refractivity contribution in [1.29, 1.82) is 0 Å². The van der Waals surface area contributed by atoms with Gasteiger partial charge >= 0.3 is 11.9 Å². The zero-order valence-electron chi connectivity index (χ0n) is 21.9. The first-order valence-corrected chi connectivity index (χ1v) is 12.4. The monoisotopic (exact) mass is 500 g/mol. The molecule has 2 rings (SSSR count). The molecule has 0 saturated carbocycles. The predicted octanol–water partition coefficient (Wildman–Crippen LogP) is 3.80. The van der Waals surface area contributed by atoms with Crippen molar-refractivity contribution in [2.24, 2.45) is 11.8 Å². The van der Waals surface area contributed by atoms with Gasteiger partial charge in [0.05, 0.1) is 26.3 Å². The first-order chi connectivity index (χ1) is 17.1. The normalized spacial score (nSPS) is 11.4. The van der Waals surface area contributed by atoms with Gasteiger partial charge in [0.15, 0.2) is 0 Å². The fraction of sp³-hybridized carbons (Fsp3) is 0.500. The fourth-order valence-electron chi connectivity index (χ4n) is 3.46. The van der Waals surface area contributed by atoms with E-state index in [4.69, 9.17) is 9.47 Å². The number of hydrogen-bond donors (Lipinski definition) is 2. The molecular weight excluding hydrogens is 460 g/mol. The summed E-state index contributed by atoms with van der Waals surface area (Å²) in [6.45, 7) is 10.2. The van der Waals surface area contributed by atoms with Gasteiger partial charge < -0.3 is 19.7 Å². The number of carbonyl (C=O) groups is 2. The molecule has 0 bridgehead atoms. The number of aromatic hydroxyl groups is 2. The zero-order valence-corrected chi connectivity index (χ0v) is 21.9. The van der Waals surface area contributed by atoms with Crippen LogP contribution in [0.4, 0.5) is 0 Å². The molecule has 0 aliphatic rings. The standard InChI is InChI=1S/C28H40N2O6/c1-21(2)19-35-27(33)17-29(15-23-9-5-7-11-25(23)31)13-14-30(18-28(34)36-20-22(3)4)16-24-10-6-8-12-26(24)32/h5-12,21-22,31-32H,13-20H2,1-4H3. The molecule has 8 heteroatoms. The number of nitrogens with zero attached hydrogens (tertiary/aromatic N) is 2. The van der Waals surface area contributed by atoms with Crippen molar-refractivity contribution in [3.8, 4) is 11.5 Å². The van der Waals surface area contributed by atoms with Crippen LogP contribution in [0.2, 0.25) is 0 Å². The summed E-state index contributed by atoms with van der Waals surface area (Å²) in [6, 6.07) is 14.0. The van der Waals surface area contributed by atoms with Crippen LogP contribution < -0.4 is 0 Å². The Morgan fingerprint density at radius 3 is 1.39 bits per heavy atom. The van der Waals surface area contributed by atoms with E-state index in [0.717, 1.165) is 0 Å². The highest BCUT2D eigenvalue weighted by molar-refractivity contribution is 5.72. The fourth-order valence-corrected chi connectivity index (χ4v) is 3.46. The molecule has 8 nitrogen and oxygen atoms in total. The number of phenolic OH excluding ortho intramolecular Hbond substituents is 2. The molecular formula is C28H40N2O6. The summed E-state index contributed by atoms with van der Waals surface area (Å²) >= 11 is 0. The average molecular weight is 501 g/mol. The van der Waals surface area contributed by atoms with Crippen molar-refractivity contribution in [3.05, 3.63) is 59.7 Å².